The Morgan fingerprint density at radius 2 is 1.88 bits per heavy atom. The Kier molecular flexibility index (Phi) is 6.83. The summed E-state index contributed by atoms with van der Waals surface area (Å²) in [6, 6.07) is 8.78. The van der Waals surface area contributed by atoms with Gasteiger partial charge in [0.15, 0.2) is 0 Å². The van der Waals surface area contributed by atoms with Crippen molar-refractivity contribution in [2.45, 2.75) is 38.8 Å². The number of ether oxygens (including phenoxy) is 2. The minimum absolute atomic E-state index is 0.0494. The number of nitrogen functional groups attached to an aromatic ring is 1. The van der Waals surface area contributed by atoms with Crippen LogP contribution in [0.3, 0.4) is 0 Å². The van der Waals surface area contributed by atoms with E-state index in [0.29, 0.717) is 32.0 Å². The second kappa shape index (κ2) is 9.78. The normalized spacial score (nSPS) is 19.5. The number of nitrogens with two attached hydrogens (primary N) is 1. The van der Waals surface area contributed by atoms with Crippen LogP contribution in [-0.2, 0) is 20.9 Å². The zero-order valence-corrected chi connectivity index (χ0v) is 19.2. The van der Waals surface area contributed by atoms with Crippen LogP contribution in [0.4, 0.5) is 16.7 Å². The summed E-state index contributed by atoms with van der Waals surface area (Å²) in [4.78, 5) is 41.3. The number of piperidine rings is 1. The molecule has 0 aliphatic carbocycles. The first-order valence-corrected chi connectivity index (χ1v) is 11.3. The lowest BCUT2D eigenvalue weighted by Crippen LogP contribution is -2.43. The van der Waals surface area contributed by atoms with Gasteiger partial charge in [0.1, 0.15) is 12.6 Å². The molecule has 176 valence electrons. The first kappa shape index (κ1) is 23.0. The third-order valence-corrected chi connectivity index (χ3v) is 6.40. The van der Waals surface area contributed by atoms with Gasteiger partial charge in [-0.2, -0.15) is 15.0 Å². The number of esters is 1. The molecule has 1 atom stereocenters. The van der Waals surface area contributed by atoms with Gasteiger partial charge >= 0.3 is 12.1 Å². The first-order chi connectivity index (χ1) is 15.9. The number of amides is 1. The second-order valence-corrected chi connectivity index (χ2v) is 8.73. The van der Waals surface area contributed by atoms with Gasteiger partial charge < -0.3 is 20.1 Å². The number of anilines is 2. The summed E-state index contributed by atoms with van der Waals surface area (Å²) >= 11 is 5.92. The molecule has 4 rings (SSSR count). The molecule has 2 saturated heterocycles. The largest absolute Gasteiger partial charge is 0.464 e. The fourth-order valence-corrected chi connectivity index (χ4v) is 4.70. The molecule has 3 heterocycles. The molecule has 1 amide bonds. The zero-order chi connectivity index (χ0) is 23.4. The maximum atomic E-state index is 13.0. The Balaban J connectivity index is 1.44. The molecule has 2 aromatic rings. The molecule has 2 fully saturated rings. The van der Waals surface area contributed by atoms with Gasteiger partial charge in [0.25, 0.3) is 0 Å². The predicted octanol–water partition coefficient (Wildman–Crippen LogP) is 2.67. The van der Waals surface area contributed by atoms with Crippen LogP contribution in [0.15, 0.2) is 30.3 Å². The van der Waals surface area contributed by atoms with Crippen LogP contribution in [0, 0.1) is 5.41 Å². The molecule has 0 radical (unpaired) electrons. The quantitative estimate of drug-likeness (QED) is 0.651. The lowest BCUT2D eigenvalue weighted by atomic mass is 9.76. The Bertz CT molecular complexity index is 979. The van der Waals surface area contributed by atoms with Gasteiger partial charge in [0.05, 0.1) is 6.61 Å². The molecule has 0 bridgehead atoms. The van der Waals surface area contributed by atoms with Crippen LogP contribution in [0.25, 0.3) is 0 Å². The fraction of sp³-hybridized carbons (Fsp3) is 0.500. The number of carbonyl (C=O) groups excluding carboxylic acids is 2. The number of rotatable bonds is 5. The number of hydrogen-bond donors (Lipinski definition) is 1. The summed E-state index contributed by atoms with van der Waals surface area (Å²) in [7, 11) is 0. The van der Waals surface area contributed by atoms with E-state index in [2.05, 4.69) is 15.0 Å². The SMILES string of the molecule is CCOC(=O)C1CC2(CCN(c3nc(N)nc(Cl)n3)CC2)CN1C(=O)OCc1ccccc1. The Morgan fingerprint density at radius 3 is 2.55 bits per heavy atom. The summed E-state index contributed by atoms with van der Waals surface area (Å²) in [5.74, 6) is 0.104. The molecule has 2 aliphatic heterocycles. The summed E-state index contributed by atoms with van der Waals surface area (Å²) in [5.41, 5.74) is 6.37. The van der Waals surface area contributed by atoms with Crippen molar-refractivity contribution in [1.29, 1.82) is 0 Å². The molecular weight excluding hydrogens is 448 g/mol. The number of halogens is 1. The second-order valence-electron chi connectivity index (χ2n) is 8.39. The molecule has 11 heteroatoms. The topological polar surface area (TPSA) is 124 Å². The van der Waals surface area contributed by atoms with E-state index < -0.39 is 18.1 Å². The molecule has 10 nitrogen and oxygen atoms in total. The highest BCUT2D eigenvalue weighted by atomic mass is 35.5. The maximum absolute atomic E-state index is 13.0. The number of aromatic nitrogens is 3. The molecule has 1 aromatic carbocycles. The molecule has 1 aromatic heterocycles. The van der Waals surface area contributed by atoms with Gasteiger partial charge in [-0.1, -0.05) is 30.3 Å². The van der Waals surface area contributed by atoms with E-state index in [4.69, 9.17) is 26.8 Å². The van der Waals surface area contributed by atoms with Crippen molar-refractivity contribution < 1.29 is 19.1 Å². The molecule has 33 heavy (non-hydrogen) atoms. The van der Waals surface area contributed by atoms with Crippen molar-refractivity contribution in [1.82, 2.24) is 19.9 Å². The van der Waals surface area contributed by atoms with Crippen LogP contribution in [-0.4, -0.2) is 64.2 Å². The summed E-state index contributed by atoms with van der Waals surface area (Å²) in [5, 5.41) is 0.0494. The fourth-order valence-electron chi connectivity index (χ4n) is 4.54. The molecule has 1 unspecified atom stereocenters. The van der Waals surface area contributed by atoms with E-state index in [-0.39, 0.29) is 29.9 Å². The predicted molar refractivity (Wildman–Crippen MR) is 122 cm³/mol. The van der Waals surface area contributed by atoms with Crippen molar-refractivity contribution in [3.8, 4) is 0 Å². The maximum Gasteiger partial charge on any atom is 0.410 e. The van der Waals surface area contributed by atoms with Crippen molar-refractivity contribution in [2.24, 2.45) is 5.41 Å². The molecular formula is C22H27ClN6O4. The third kappa shape index (κ3) is 5.27. The number of likely N-dealkylation sites (tertiary alicyclic amines) is 1. The highest BCUT2D eigenvalue weighted by Gasteiger charge is 2.51. The standard InChI is InChI=1S/C22H27ClN6O4/c1-2-32-17(30)16-12-22(14-29(16)21(31)33-13-15-6-4-3-5-7-15)8-10-28(11-9-22)20-26-18(23)25-19(24)27-20/h3-7,16H,2,8-14H2,1H3,(H2,24,25,26,27). The molecule has 1 spiro atoms. The average molecular weight is 475 g/mol. The average Bonchev–Trinajstić information content (AvgIpc) is 3.17. The van der Waals surface area contributed by atoms with E-state index in [0.717, 1.165) is 18.4 Å². The zero-order valence-electron chi connectivity index (χ0n) is 18.4. The van der Waals surface area contributed by atoms with Crippen LogP contribution in [0.5, 0.6) is 0 Å². The highest BCUT2D eigenvalue weighted by molar-refractivity contribution is 6.28. The molecule has 2 aliphatic rings. The van der Waals surface area contributed by atoms with Crippen molar-refractivity contribution >= 4 is 35.6 Å². The van der Waals surface area contributed by atoms with E-state index in [1.165, 1.54) is 4.90 Å². The Labute approximate surface area is 197 Å². The number of carbonyl (C=O) groups is 2. The Hall–Kier alpha value is -3.14. The van der Waals surface area contributed by atoms with Gasteiger partial charge in [0.2, 0.25) is 17.2 Å². The monoisotopic (exact) mass is 474 g/mol. The number of nitrogens with zero attached hydrogens (tertiary/aromatic N) is 5. The smallest absolute Gasteiger partial charge is 0.410 e. The van der Waals surface area contributed by atoms with Crippen LogP contribution in [0.1, 0.15) is 31.7 Å². The van der Waals surface area contributed by atoms with Crippen LogP contribution < -0.4 is 10.6 Å². The van der Waals surface area contributed by atoms with Gasteiger partial charge in [-0.15, -0.1) is 0 Å². The van der Waals surface area contributed by atoms with Gasteiger partial charge in [-0.3, -0.25) is 4.90 Å². The summed E-state index contributed by atoms with van der Waals surface area (Å²) in [6.07, 6.45) is 1.51. The lowest BCUT2D eigenvalue weighted by Gasteiger charge is -2.39. The van der Waals surface area contributed by atoms with Gasteiger partial charge in [0, 0.05) is 19.6 Å². The number of hydrogen-bond acceptors (Lipinski definition) is 9. The van der Waals surface area contributed by atoms with Crippen molar-refractivity contribution in [3.63, 3.8) is 0 Å². The number of benzene rings is 1. The van der Waals surface area contributed by atoms with Crippen LogP contribution in [0.2, 0.25) is 5.28 Å². The molecule has 2 N–H and O–H groups in total. The summed E-state index contributed by atoms with van der Waals surface area (Å²) < 4.78 is 10.8. The molecule has 0 saturated carbocycles. The van der Waals surface area contributed by atoms with Crippen molar-refractivity contribution in [2.75, 3.05) is 36.9 Å². The summed E-state index contributed by atoms with van der Waals surface area (Å²) in [6.45, 7) is 3.87. The minimum atomic E-state index is -0.665. The highest BCUT2D eigenvalue weighted by Crippen LogP contribution is 2.44. The van der Waals surface area contributed by atoms with Gasteiger partial charge in [-0.25, -0.2) is 9.59 Å². The Morgan fingerprint density at radius 1 is 1.15 bits per heavy atom. The van der Waals surface area contributed by atoms with E-state index in [1.807, 2.05) is 35.2 Å². The lowest BCUT2D eigenvalue weighted by molar-refractivity contribution is -0.148. The third-order valence-electron chi connectivity index (χ3n) is 6.23. The van der Waals surface area contributed by atoms with Crippen molar-refractivity contribution in [3.05, 3.63) is 41.2 Å². The minimum Gasteiger partial charge on any atom is -0.464 e. The van der Waals surface area contributed by atoms with Gasteiger partial charge in [-0.05, 0) is 48.8 Å². The van der Waals surface area contributed by atoms with E-state index in [1.54, 1.807) is 6.92 Å². The van der Waals surface area contributed by atoms with E-state index in [9.17, 15) is 9.59 Å². The van der Waals surface area contributed by atoms with Crippen LogP contribution >= 0.6 is 11.6 Å². The first-order valence-electron chi connectivity index (χ1n) is 10.9. The van der Waals surface area contributed by atoms with E-state index >= 15 is 0 Å².